The van der Waals surface area contributed by atoms with Gasteiger partial charge in [-0.3, -0.25) is 4.79 Å². The summed E-state index contributed by atoms with van der Waals surface area (Å²) in [6.45, 7) is -1.82. The standard InChI is InChI=1S/C26H28O15/c27-8-26(36)9-38-25(23(26)35)37-7-15-17(31)19(33)20(34)24(40-15)41-22-18(32)16-13(30)5-12(29)6-14(16)39-21(22)10-1-3-11(28)4-2-10/h1-6,15,17,19-20,23-25,27-31,33-36H,7-9H2/t15-,17+,19+,20-,23-,24-,25+,26-/m0/s1. The molecule has 2 aliphatic rings. The van der Waals surface area contributed by atoms with Crippen molar-refractivity contribution < 1.29 is 69.3 Å². The lowest BCUT2D eigenvalue weighted by atomic mass is 9.99. The summed E-state index contributed by atoms with van der Waals surface area (Å²) in [6, 6.07) is 7.33. The van der Waals surface area contributed by atoms with Gasteiger partial charge in [0.2, 0.25) is 17.5 Å². The zero-order chi connectivity index (χ0) is 29.6. The number of phenols is 3. The summed E-state index contributed by atoms with van der Waals surface area (Å²) in [7, 11) is 0. The minimum absolute atomic E-state index is 0.102. The quantitative estimate of drug-likeness (QED) is 0.150. The first-order chi connectivity index (χ1) is 19.4. The number of rotatable bonds is 7. The van der Waals surface area contributed by atoms with Gasteiger partial charge in [0, 0.05) is 17.7 Å². The highest BCUT2D eigenvalue weighted by atomic mass is 16.7. The lowest BCUT2D eigenvalue weighted by Gasteiger charge is -2.40. The first-order valence-corrected chi connectivity index (χ1v) is 12.4. The van der Waals surface area contributed by atoms with Gasteiger partial charge in [-0.2, -0.15) is 0 Å². The van der Waals surface area contributed by atoms with E-state index in [9.17, 15) is 50.8 Å². The van der Waals surface area contributed by atoms with Crippen LogP contribution in [0.1, 0.15) is 0 Å². The van der Waals surface area contributed by atoms with Crippen molar-refractivity contribution in [3.8, 4) is 34.3 Å². The molecule has 0 amide bonds. The summed E-state index contributed by atoms with van der Waals surface area (Å²) in [6.07, 6.45) is -11.9. The third-order valence-electron chi connectivity index (χ3n) is 6.95. The maximum absolute atomic E-state index is 13.5. The van der Waals surface area contributed by atoms with E-state index in [0.717, 1.165) is 12.1 Å². The van der Waals surface area contributed by atoms with Crippen LogP contribution in [0.2, 0.25) is 0 Å². The first-order valence-electron chi connectivity index (χ1n) is 12.4. The van der Waals surface area contributed by atoms with E-state index in [1.165, 1.54) is 24.3 Å². The van der Waals surface area contributed by atoms with Crippen LogP contribution in [0.3, 0.4) is 0 Å². The smallest absolute Gasteiger partial charge is 0.239 e. The van der Waals surface area contributed by atoms with Crippen LogP contribution in [-0.2, 0) is 14.2 Å². The van der Waals surface area contributed by atoms with Gasteiger partial charge < -0.3 is 69.3 Å². The number of benzene rings is 2. The summed E-state index contributed by atoms with van der Waals surface area (Å²) in [5, 5.41) is 90.7. The lowest BCUT2D eigenvalue weighted by Crippen LogP contribution is -2.60. The molecule has 0 aliphatic carbocycles. The van der Waals surface area contributed by atoms with Crippen molar-refractivity contribution in [1.29, 1.82) is 0 Å². The molecule has 41 heavy (non-hydrogen) atoms. The Hall–Kier alpha value is -3.51. The van der Waals surface area contributed by atoms with Crippen LogP contribution < -0.4 is 10.2 Å². The van der Waals surface area contributed by atoms with Crippen molar-refractivity contribution in [2.75, 3.05) is 19.8 Å². The van der Waals surface area contributed by atoms with E-state index in [4.69, 9.17) is 23.4 Å². The Morgan fingerprint density at radius 2 is 1.63 bits per heavy atom. The Morgan fingerprint density at radius 3 is 2.29 bits per heavy atom. The summed E-state index contributed by atoms with van der Waals surface area (Å²) in [5.74, 6) is -1.97. The Kier molecular flexibility index (Phi) is 7.82. The number of fused-ring (bicyclic) bond motifs is 1. The predicted octanol–water partition coefficient (Wildman–Crippen LogP) is -1.78. The molecule has 0 spiro atoms. The van der Waals surface area contributed by atoms with Gasteiger partial charge in [-0.15, -0.1) is 0 Å². The highest BCUT2D eigenvalue weighted by Crippen LogP contribution is 2.37. The molecule has 0 radical (unpaired) electrons. The minimum Gasteiger partial charge on any atom is -0.508 e. The molecular formula is C26H28O15. The number of hydrogen-bond acceptors (Lipinski definition) is 15. The molecule has 15 nitrogen and oxygen atoms in total. The molecule has 15 heteroatoms. The summed E-state index contributed by atoms with van der Waals surface area (Å²) >= 11 is 0. The average molecular weight is 580 g/mol. The number of phenolic OH excluding ortho intramolecular Hbond substituents is 3. The molecule has 9 N–H and O–H groups in total. The molecule has 222 valence electrons. The molecule has 1 aromatic heterocycles. The number of aliphatic hydroxyl groups is 6. The Balaban J connectivity index is 1.47. The number of hydrogen-bond donors (Lipinski definition) is 9. The van der Waals surface area contributed by atoms with Gasteiger partial charge in [0.1, 0.15) is 64.3 Å². The molecule has 2 saturated heterocycles. The van der Waals surface area contributed by atoms with Crippen molar-refractivity contribution in [2.24, 2.45) is 0 Å². The van der Waals surface area contributed by atoms with E-state index in [2.05, 4.69) is 0 Å². The van der Waals surface area contributed by atoms with Crippen LogP contribution in [0.25, 0.3) is 22.3 Å². The molecule has 2 aliphatic heterocycles. The van der Waals surface area contributed by atoms with E-state index in [1.54, 1.807) is 0 Å². The second kappa shape index (κ2) is 11.1. The Morgan fingerprint density at radius 1 is 0.927 bits per heavy atom. The number of aromatic hydroxyl groups is 3. The third-order valence-corrected chi connectivity index (χ3v) is 6.95. The second-order valence-corrected chi connectivity index (χ2v) is 9.83. The van der Waals surface area contributed by atoms with E-state index < -0.39 is 91.2 Å². The van der Waals surface area contributed by atoms with E-state index in [0.29, 0.717) is 0 Å². The van der Waals surface area contributed by atoms with Crippen LogP contribution in [-0.4, -0.2) is 114 Å². The van der Waals surface area contributed by atoms with Crippen molar-refractivity contribution >= 4 is 11.0 Å². The van der Waals surface area contributed by atoms with Crippen LogP contribution in [0.4, 0.5) is 0 Å². The maximum Gasteiger partial charge on any atom is 0.239 e. The molecule has 8 atom stereocenters. The predicted molar refractivity (Wildman–Crippen MR) is 134 cm³/mol. The van der Waals surface area contributed by atoms with E-state index >= 15 is 0 Å². The number of ether oxygens (including phenoxy) is 4. The monoisotopic (exact) mass is 580 g/mol. The Labute approximate surface area is 230 Å². The summed E-state index contributed by atoms with van der Waals surface area (Å²) < 4.78 is 27.6. The van der Waals surface area contributed by atoms with Crippen LogP contribution in [0.5, 0.6) is 23.0 Å². The highest BCUT2D eigenvalue weighted by Gasteiger charge is 2.50. The fourth-order valence-corrected chi connectivity index (χ4v) is 4.57. The topological polar surface area (TPSA) is 249 Å². The maximum atomic E-state index is 13.5. The van der Waals surface area contributed by atoms with Crippen LogP contribution in [0, 0.1) is 0 Å². The number of aliphatic hydroxyl groups excluding tert-OH is 5. The molecule has 0 unspecified atom stereocenters. The van der Waals surface area contributed by atoms with Crippen molar-refractivity contribution in [3.63, 3.8) is 0 Å². The van der Waals surface area contributed by atoms with Gasteiger partial charge in [0.25, 0.3) is 0 Å². The van der Waals surface area contributed by atoms with Crippen molar-refractivity contribution in [1.82, 2.24) is 0 Å². The SMILES string of the molecule is O=c1c(O[C@@H]2O[C@@H](CO[C@@H]3OC[C@@](O)(CO)[C@H]3O)[C@@H](O)[C@@H](O)[C@@H]2O)c(-c2ccc(O)cc2)oc2cc(O)cc(O)c12. The first kappa shape index (κ1) is 29.0. The van der Waals surface area contributed by atoms with Gasteiger partial charge in [0.15, 0.2) is 12.1 Å². The molecule has 3 aromatic rings. The minimum atomic E-state index is -1.98. The van der Waals surface area contributed by atoms with Gasteiger partial charge >= 0.3 is 0 Å². The van der Waals surface area contributed by atoms with Crippen molar-refractivity contribution in [2.45, 2.75) is 48.7 Å². The lowest BCUT2D eigenvalue weighted by molar-refractivity contribution is -0.289. The molecule has 2 aromatic carbocycles. The largest absolute Gasteiger partial charge is 0.508 e. The Bertz CT molecular complexity index is 1460. The van der Waals surface area contributed by atoms with Crippen LogP contribution >= 0.6 is 0 Å². The zero-order valence-electron chi connectivity index (χ0n) is 21.1. The molecule has 0 bridgehead atoms. The molecule has 5 rings (SSSR count). The fourth-order valence-electron chi connectivity index (χ4n) is 4.57. The van der Waals surface area contributed by atoms with Crippen molar-refractivity contribution in [3.05, 3.63) is 46.6 Å². The third kappa shape index (κ3) is 5.30. The van der Waals surface area contributed by atoms with E-state index in [1.807, 2.05) is 0 Å². The average Bonchev–Trinajstić information content (AvgIpc) is 3.23. The highest BCUT2D eigenvalue weighted by molar-refractivity contribution is 5.88. The van der Waals surface area contributed by atoms with Gasteiger partial charge in [-0.1, -0.05) is 0 Å². The summed E-state index contributed by atoms with van der Waals surface area (Å²) in [4.78, 5) is 13.5. The van der Waals surface area contributed by atoms with Gasteiger partial charge in [0.05, 0.1) is 19.8 Å². The second-order valence-electron chi connectivity index (χ2n) is 9.83. The zero-order valence-corrected chi connectivity index (χ0v) is 21.1. The van der Waals surface area contributed by atoms with Gasteiger partial charge in [-0.05, 0) is 24.3 Å². The molecule has 0 saturated carbocycles. The van der Waals surface area contributed by atoms with Crippen LogP contribution in [0.15, 0.2) is 45.6 Å². The molecule has 2 fully saturated rings. The fraction of sp³-hybridized carbons (Fsp3) is 0.423. The molecular weight excluding hydrogens is 552 g/mol. The molecule has 3 heterocycles. The van der Waals surface area contributed by atoms with Gasteiger partial charge in [-0.25, -0.2) is 0 Å². The normalized spacial score (nSPS) is 31.9. The summed E-state index contributed by atoms with van der Waals surface area (Å²) in [5.41, 5.74) is -2.93. The van der Waals surface area contributed by atoms with E-state index in [-0.39, 0.29) is 28.0 Å².